The number of rotatable bonds is 5. The maximum absolute atomic E-state index is 11.9. The average Bonchev–Trinajstić information content (AvgIpc) is 2.73. The maximum Gasteiger partial charge on any atom is 0.271 e. The minimum Gasteiger partial charge on any atom is -0.357 e. The van der Waals surface area contributed by atoms with E-state index in [4.69, 9.17) is 0 Å². The number of hydrogen-bond acceptors (Lipinski definition) is 4. The van der Waals surface area contributed by atoms with Gasteiger partial charge in [-0.2, -0.15) is 0 Å². The molecule has 1 atom stereocenters. The molecule has 1 heterocycles. The zero-order valence-corrected chi connectivity index (χ0v) is 11.9. The van der Waals surface area contributed by atoms with Gasteiger partial charge in [0, 0.05) is 12.4 Å². The van der Waals surface area contributed by atoms with Gasteiger partial charge < -0.3 is 10.6 Å². The molecular weight excluding hydrogens is 250 g/mol. The molecule has 0 saturated heterocycles. The summed E-state index contributed by atoms with van der Waals surface area (Å²) in [4.78, 5) is 27.7. The van der Waals surface area contributed by atoms with Crippen molar-refractivity contribution in [3.8, 4) is 0 Å². The van der Waals surface area contributed by atoms with Crippen LogP contribution in [0.4, 0.5) is 0 Å². The van der Waals surface area contributed by atoms with Crippen LogP contribution in [0.1, 0.15) is 35.8 Å². The number of hydrogen-bond donors (Lipinski definition) is 2. The first-order valence-electron chi connectivity index (χ1n) is 5.88. The second-order valence-electron chi connectivity index (χ2n) is 4.52. The molecule has 2 amide bonds. The molecule has 1 unspecified atom stereocenters. The van der Waals surface area contributed by atoms with Gasteiger partial charge in [-0.3, -0.25) is 9.59 Å². The van der Waals surface area contributed by atoms with Crippen LogP contribution < -0.4 is 10.6 Å². The largest absolute Gasteiger partial charge is 0.357 e. The molecule has 0 aliphatic carbocycles. The minimum atomic E-state index is -0.510. The van der Waals surface area contributed by atoms with Crippen LogP contribution >= 0.6 is 11.3 Å². The molecule has 6 heteroatoms. The number of nitrogens with one attached hydrogen (secondary N) is 2. The summed E-state index contributed by atoms with van der Waals surface area (Å²) in [6, 6.07) is -0.510. The summed E-state index contributed by atoms with van der Waals surface area (Å²) in [5, 5.41) is 7.81. The normalized spacial score (nSPS) is 12.3. The zero-order valence-electron chi connectivity index (χ0n) is 11.1. The van der Waals surface area contributed by atoms with Gasteiger partial charge in [-0.05, 0) is 19.3 Å². The van der Waals surface area contributed by atoms with Crippen LogP contribution in [0.25, 0.3) is 0 Å². The topological polar surface area (TPSA) is 71.1 Å². The van der Waals surface area contributed by atoms with Crippen molar-refractivity contribution in [2.75, 3.05) is 7.05 Å². The summed E-state index contributed by atoms with van der Waals surface area (Å²) in [5.41, 5.74) is 0.371. The van der Waals surface area contributed by atoms with E-state index in [1.807, 2.05) is 20.8 Å². The lowest BCUT2D eigenvalue weighted by atomic mass is 10.0. The maximum atomic E-state index is 11.9. The highest BCUT2D eigenvalue weighted by Crippen LogP contribution is 2.10. The molecule has 0 bridgehead atoms. The fourth-order valence-electron chi connectivity index (χ4n) is 1.58. The summed E-state index contributed by atoms with van der Waals surface area (Å²) < 4.78 is 0. The quantitative estimate of drug-likeness (QED) is 0.847. The number of thiazole rings is 1. The van der Waals surface area contributed by atoms with E-state index in [0.29, 0.717) is 18.0 Å². The molecule has 1 rings (SSSR count). The first-order valence-corrected chi connectivity index (χ1v) is 6.76. The molecule has 100 valence electrons. The van der Waals surface area contributed by atoms with Gasteiger partial charge in [0.15, 0.2) is 0 Å². The molecule has 1 aromatic rings. The van der Waals surface area contributed by atoms with Crippen molar-refractivity contribution in [3.05, 3.63) is 16.1 Å². The fourth-order valence-corrected chi connectivity index (χ4v) is 2.17. The lowest BCUT2D eigenvalue weighted by molar-refractivity contribution is -0.122. The third kappa shape index (κ3) is 4.10. The van der Waals surface area contributed by atoms with E-state index in [-0.39, 0.29) is 11.8 Å². The second kappa shape index (κ2) is 6.49. The van der Waals surface area contributed by atoms with Gasteiger partial charge in [0.2, 0.25) is 5.91 Å². The smallest absolute Gasteiger partial charge is 0.271 e. The Labute approximate surface area is 111 Å². The molecule has 0 fully saturated rings. The second-order valence-corrected chi connectivity index (χ2v) is 5.58. The molecule has 2 N–H and O–H groups in total. The van der Waals surface area contributed by atoms with E-state index < -0.39 is 6.04 Å². The minimum absolute atomic E-state index is 0.177. The Morgan fingerprint density at radius 2 is 2.11 bits per heavy atom. The highest BCUT2D eigenvalue weighted by Gasteiger charge is 2.22. The number of likely N-dealkylation sites (N-methyl/N-ethyl adjacent to an activating group) is 1. The Morgan fingerprint density at radius 3 is 2.56 bits per heavy atom. The highest BCUT2D eigenvalue weighted by molar-refractivity contribution is 7.09. The van der Waals surface area contributed by atoms with Crippen molar-refractivity contribution in [3.63, 3.8) is 0 Å². The van der Waals surface area contributed by atoms with Crippen LogP contribution in [-0.2, 0) is 4.79 Å². The highest BCUT2D eigenvalue weighted by atomic mass is 32.1. The molecule has 0 aliphatic heterocycles. The third-order valence-corrected chi connectivity index (χ3v) is 3.20. The Balaban J connectivity index is 2.71. The van der Waals surface area contributed by atoms with Crippen molar-refractivity contribution in [1.82, 2.24) is 15.6 Å². The standard InChI is InChI=1S/C12H19N3O2S/c1-7(2)5-9(11(16)13-4)15-12(17)10-6-18-8(3)14-10/h6-7,9H,5H2,1-4H3,(H,13,16)(H,15,17). The SMILES string of the molecule is CNC(=O)C(CC(C)C)NC(=O)c1csc(C)n1. The molecule has 0 aromatic carbocycles. The Hall–Kier alpha value is -1.43. The van der Waals surface area contributed by atoms with E-state index in [0.717, 1.165) is 5.01 Å². The van der Waals surface area contributed by atoms with E-state index in [2.05, 4.69) is 15.6 Å². The van der Waals surface area contributed by atoms with E-state index in [9.17, 15) is 9.59 Å². The summed E-state index contributed by atoms with van der Waals surface area (Å²) in [5.74, 6) is -0.151. The number of amides is 2. The molecular formula is C12H19N3O2S. The number of aryl methyl sites for hydroxylation is 1. The Morgan fingerprint density at radius 1 is 1.44 bits per heavy atom. The summed E-state index contributed by atoms with van der Waals surface area (Å²) in [6.07, 6.45) is 0.606. The predicted octanol–water partition coefficient (Wildman–Crippen LogP) is 1.34. The van der Waals surface area contributed by atoms with Crippen LogP contribution in [0.5, 0.6) is 0 Å². The molecule has 5 nitrogen and oxygen atoms in total. The van der Waals surface area contributed by atoms with Crippen LogP contribution in [0.2, 0.25) is 0 Å². The predicted molar refractivity (Wildman–Crippen MR) is 71.6 cm³/mol. The lowest BCUT2D eigenvalue weighted by Crippen LogP contribution is -2.46. The van der Waals surface area contributed by atoms with Gasteiger partial charge in [-0.15, -0.1) is 11.3 Å². The first kappa shape index (κ1) is 14.6. The van der Waals surface area contributed by atoms with E-state index in [1.54, 1.807) is 12.4 Å². The lowest BCUT2D eigenvalue weighted by Gasteiger charge is -2.18. The van der Waals surface area contributed by atoms with Crippen molar-refractivity contribution in [1.29, 1.82) is 0 Å². The van der Waals surface area contributed by atoms with Crippen molar-refractivity contribution in [2.45, 2.75) is 33.2 Å². The van der Waals surface area contributed by atoms with E-state index in [1.165, 1.54) is 11.3 Å². The van der Waals surface area contributed by atoms with Crippen LogP contribution in [-0.4, -0.2) is 29.9 Å². The molecule has 0 spiro atoms. The fraction of sp³-hybridized carbons (Fsp3) is 0.583. The third-order valence-electron chi connectivity index (χ3n) is 2.43. The molecule has 18 heavy (non-hydrogen) atoms. The van der Waals surface area contributed by atoms with Crippen LogP contribution in [0.3, 0.4) is 0 Å². The van der Waals surface area contributed by atoms with Gasteiger partial charge in [0.25, 0.3) is 5.91 Å². The summed E-state index contributed by atoms with van der Waals surface area (Å²) >= 11 is 1.42. The van der Waals surface area contributed by atoms with Crippen molar-refractivity contribution >= 4 is 23.2 Å². The first-order chi connectivity index (χ1) is 8.43. The van der Waals surface area contributed by atoms with Gasteiger partial charge in [0.05, 0.1) is 5.01 Å². The molecule has 0 aliphatic rings. The van der Waals surface area contributed by atoms with Gasteiger partial charge in [0.1, 0.15) is 11.7 Å². The van der Waals surface area contributed by atoms with Gasteiger partial charge >= 0.3 is 0 Å². The number of aromatic nitrogens is 1. The average molecular weight is 269 g/mol. The van der Waals surface area contributed by atoms with Crippen molar-refractivity contribution in [2.24, 2.45) is 5.92 Å². The molecule has 0 saturated carbocycles. The number of carbonyl (C=O) groups is 2. The van der Waals surface area contributed by atoms with Crippen LogP contribution in [0.15, 0.2) is 5.38 Å². The number of carbonyl (C=O) groups excluding carboxylic acids is 2. The monoisotopic (exact) mass is 269 g/mol. The number of nitrogens with zero attached hydrogens (tertiary/aromatic N) is 1. The van der Waals surface area contributed by atoms with Gasteiger partial charge in [-0.25, -0.2) is 4.98 Å². The Bertz CT molecular complexity index is 429. The van der Waals surface area contributed by atoms with Crippen LogP contribution in [0, 0.1) is 12.8 Å². The molecule has 0 radical (unpaired) electrons. The van der Waals surface area contributed by atoms with Crippen molar-refractivity contribution < 1.29 is 9.59 Å². The van der Waals surface area contributed by atoms with E-state index >= 15 is 0 Å². The Kier molecular flexibility index (Phi) is 5.27. The molecule has 1 aromatic heterocycles. The zero-order chi connectivity index (χ0) is 13.7. The summed E-state index contributed by atoms with van der Waals surface area (Å²) in [6.45, 7) is 5.86. The van der Waals surface area contributed by atoms with Gasteiger partial charge in [-0.1, -0.05) is 13.8 Å². The summed E-state index contributed by atoms with van der Waals surface area (Å²) in [7, 11) is 1.56.